The maximum Gasteiger partial charge on any atom is 0.239 e. The number of benzene rings is 2. The molecule has 0 bridgehead atoms. The first-order valence-electron chi connectivity index (χ1n) is 9.00. The fourth-order valence-electron chi connectivity index (χ4n) is 2.78. The third-order valence-electron chi connectivity index (χ3n) is 4.22. The van der Waals surface area contributed by atoms with Crippen LogP contribution in [0.25, 0.3) is 6.08 Å². The molecule has 10 heteroatoms. The predicted molar refractivity (Wildman–Crippen MR) is 120 cm³/mol. The second kappa shape index (κ2) is 10.9. The van der Waals surface area contributed by atoms with Gasteiger partial charge in [-0.1, -0.05) is 6.07 Å². The summed E-state index contributed by atoms with van der Waals surface area (Å²) in [6.07, 6.45) is 1.41. The van der Waals surface area contributed by atoms with Crippen LogP contribution in [0, 0.1) is 0 Å². The molecular formula is C21H24ClNO7S. The number of sulfone groups is 1. The molecule has 1 N–H and O–H groups in total. The molecule has 0 unspecified atom stereocenters. The lowest BCUT2D eigenvalue weighted by atomic mass is 10.1. The van der Waals surface area contributed by atoms with Crippen LogP contribution in [0.3, 0.4) is 0 Å². The van der Waals surface area contributed by atoms with E-state index in [1.165, 1.54) is 40.6 Å². The number of halogens is 1. The van der Waals surface area contributed by atoms with Crippen LogP contribution in [0.1, 0.15) is 11.1 Å². The van der Waals surface area contributed by atoms with Crippen LogP contribution in [0.5, 0.6) is 23.0 Å². The van der Waals surface area contributed by atoms with Gasteiger partial charge in [0.1, 0.15) is 28.9 Å². The van der Waals surface area contributed by atoms with Gasteiger partial charge < -0.3 is 24.3 Å². The van der Waals surface area contributed by atoms with Gasteiger partial charge in [-0.25, -0.2) is 8.42 Å². The molecule has 0 atom stereocenters. The van der Waals surface area contributed by atoms with Crippen molar-refractivity contribution in [2.45, 2.75) is 5.75 Å². The lowest BCUT2D eigenvalue weighted by molar-refractivity contribution is -0.113. The monoisotopic (exact) mass is 469 g/mol. The Labute approximate surface area is 186 Å². The normalized spacial score (nSPS) is 11.3. The van der Waals surface area contributed by atoms with Crippen LogP contribution in [-0.4, -0.2) is 48.6 Å². The zero-order valence-corrected chi connectivity index (χ0v) is 19.2. The van der Waals surface area contributed by atoms with Gasteiger partial charge in [-0.2, -0.15) is 0 Å². The van der Waals surface area contributed by atoms with Crippen LogP contribution >= 0.6 is 11.6 Å². The maximum atomic E-state index is 12.7. The van der Waals surface area contributed by atoms with Crippen LogP contribution in [0.15, 0.2) is 35.7 Å². The molecule has 0 aliphatic heterocycles. The van der Waals surface area contributed by atoms with Crippen molar-refractivity contribution in [3.63, 3.8) is 0 Å². The van der Waals surface area contributed by atoms with Gasteiger partial charge in [-0.15, -0.1) is 11.6 Å². The molecule has 0 saturated carbocycles. The topological polar surface area (TPSA) is 100 Å². The van der Waals surface area contributed by atoms with Crippen molar-refractivity contribution in [3.05, 3.63) is 46.9 Å². The number of nitrogens with one attached hydrogen (secondary N) is 1. The highest BCUT2D eigenvalue weighted by molar-refractivity contribution is 7.93. The molecule has 0 aliphatic carbocycles. The minimum absolute atomic E-state index is 0.236. The Bertz CT molecular complexity index is 1040. The number of hydrogen-bond acceptors (Lipinski definition) is 7. The molecule has 0 aliphatic rings. The zero-order chi connectivity index (χ0) is 23.0. The number of rotatable bonds is 10. The number of ether oxygens (including phenoxy) is 4. The third kappa shape index (κ3) is 6.53. The summed E-state index contributed by atoms with van der Waals surface area (Å²) < 4.78 is 46.5. The standard InChI is InChI=1S/C21H24ClNO7S/c1-27-15-10-19(29-3)16(20(11-15)30-4)7-8-31(25,26)13-14-5-6-18(28-2)17(9-14)23-21(24)12-22/h5-11H,12-13H2,1-4H3,(H,23,24)/b8-7+. The Morgan fingerprint density at radius 3 is 2.10 bits per heavy atom. The van der Waals surface area contributed by atoms with Gasteiger partial charge in [0.05, 0.1) is 45.4 Å². The summed E-state index contributed by atoms with van der Waals surface area (Å²) in [7, 11) is 2.21. The van der Waals surface area contributed by atoms with Crippen molar-refractivity contribution in [3.8, 4) is 23.0 Å². The van der Waals surface area contributed by atoms with Crippen molar-refractivity contribution in [2.24, 2.45) is 0 Å². The molecule has 2 rings (SSSR count). The Balaban J connectivity index is 2.33. The van der Waals surface area contributed by atoms with Crippen LogP contribution in [-0.2, 0) is 20.4 Å². The highest BCUT2D eigenvalue weighted by Crippen LogP contribution is 2.35. The molecular weight excluding hydrogens is 446 g/mol. The Kier molecular flexibility index (Phi) is 8.58. The van der Waals surface area contributed by atoms with Crippen molar-refractivity contribution < 1.29 is 32.2 Å². The van der Waals surface area contributed by atoms with Gasteiger partial charge in [0.2, 0.25) is 5.91 Å². The lowest BCUT2D eigenvalue weighted by Crippen LogP contribution is -2.13. The number of alkyl halides is 1. The fourth-order valence-corrected chi connectivity index (χ4v) is 3.93. The van der Waals surface area contributed by atoms with Crippen molar-refractivity contribution in [1.82, 2.24) is 0 Å². The fraction of sp³-hybridized carbons (Fsp3) is 0.286. The summed E-state index contributed by atoms with van der Waals surface area (Å²) in [5.41, 5.74) is 1.26. The van der Waals surface area contributed by atoms with E-state index in [2.05, 4.69) is 5.32 Å². The summed E-state index contributed by atoms with van der Waals surface area (Å²) in [6, 6.07) is 7.97. The van der Waals surface area contributed by atoms with E-state index in [1.54, 1.807) is 24.3 Å². The number of carbonyl (C=O) groups is 1. The molecule has 168 valence electrons. The largest absolute Gasteiger partial charge is 0.496 e. The molecule has 2 aromatic rings. The molecule has 0 radical (unpaired) electrons. The van der Waals surface area contributed by atoms with Crippen LogP contribution in [0.2, 0.25) is 0 Å². The van der Waals surface area contributed by atoms with Gasteiger partial charge in [-0.05, 0) is 23.8 Å². The maximum absolute atomic E-state index is 12.7. The van der Waals surface area contributed by atoms with Crippen LogP contribution < -0.4 is 24.3 Å². The third-order valence-corrected chi connectivity index (χ3v) is 5.75. The Morgan fingerprint density at radius 2 is 1.58 bits per heavy atom. The smallest absolute Gasteiger partial charge is 0.239 e. The van der Waals surface area contributed by atoms with E-state index in [-0.39, 0.29) is 11.6 Å². The second-order valence-corrected chi connectivity index (χ2v) is 8.43. The molecule has 0 fully saturated rings. The highest BCUT2D eigenvalue weighted by Gasteiger charge is 2.15. The van der Waals surface area contributed by atoms with E-state index >= 15 is 0 Å². The van der Waals surface area contributed by atoms with Crippen molar-refractivity contribution >= 4 is 39.1 Å². The summed E-state index contributed by atoms with van der Waals surface area (Å²) >= 11 is 5.53. The second-order valence-electron chi connectivity index (χ2n) is 6.27. The number of amides is 1. The van der Waals surface area contributed by atoms with E-state index in [1.807, 2.05) is 0 Å². The molecule has 0 aromatic heterocycles. The molecule has 31 heavy (non-hydrogen) atoms. The zero-order valence-electron chi connectivity index (χ0n) is 17.6. The molecule has 0 spiro atoms. The number of methoxy groups -OCH3 is 4. The summed E-state index contributed by atoms with van der Waals surface area (Å²) in [5, 5.41) is 3.67. The van der Waals surface area contributed by atoms with Crippen LogP contribution in [0.4, 0.5) is 5.69 Å². The van der Waals surface area contributed by atoms with Gasteiger partial charge in [-0.3, -0.25) is 4.79 Å². The summed E-state index contributed by atoms with van der Waals surface area (Å²) in [5.74, 6) is 0.744. The predicted octanol–water partition coefficient (Wildman–Crippen LogP) is 3.48. The van der Waals surface area contributed by atoms with Gasteiger partial charge in [0.25, 0.3) is 0 Å². The number of carbonyl (C=O) groups excluding carboxylic acids is 1. The van der Waals surface area contributed by atoms with E-state index in [0.29, 0.717) is 39.8 Å². The quantitative estimate of drug-likeness (QED) is 0.531. The first kappa shape index (κ1) is 24.4. The minimum atomic E-state index is -3.67. The van der Waals surface area contributed by atoms with Crippen molar-refractivity contribution in [1.29, 1.82) is 0 Å². The van der Waals surface area contributed by atoms with E-state index in [4.69, 9.17) is 30.5 Å². The minimum Gasteiger partial charge on any atom is -0.496 e. The first-order chi connectivity index (χ1) is 14.8. The van der Waals surface area contributed by atoms with Gasteiger partial charge >= 0.3 is 0 Å². The van der Waals surface area contributed by atoms with Crippen molar-refractivity contribution in [2.75, 3.05) is 39.6 Å². The SMILES string of the molecule is COc1cc(OC)c(/C=C/S(=O)(=O)Cc2ccc(OC)c(NC(=O)CCl)c2)c(OC)c1. The van der Waals surface area contributed by atoms with E-state index < -0.39 is 15.7 Å². The summed E-state index contributed by atoms with van der Waals surface area (Å²) in [6.45, 7) is 0. The average Bonchev–Trinajstić information content (AvgIpc) is 2.76. The Morgan fingerprint density at radius 1 is 0.968 bits per heavy atom. The highest BCUT2D eigenvalue weighted by atomic mass is 35.5. The van der Waals surface area contributed by atoms with E-state index in [0.717, 1.165) is 5.41 Å². The Hall–Kier alpha value is -2.91. The van der Waals surface area contributed by atoms with Gasteiger partial charge in [0.15, 0.2) is 9.84 Å². The summed E-state index contributed by atoms with van der Waals surface area (Å²) in [4.78, 5) is 11.6. The molecule has 1 amide bonds. The van der Waals surface area contributed by atoms with Gasteiger partial charge in [0, 0.05) is 17.5 Å². The molecule has 2 aromatic carbocycles. The molecule has 8 nitrogen and oxygen atoms in total. The number of hydrogen-bond donors (Lipinski definition) is 1. The molecule has 0 heterocycles. The lowest BCUT2D eigenvalue weighted by Gasteiger charge is -2.13. The molecule has 0 saturated heterocycles. The number of anilines is 1. The first-order valence-corrected chi connectivity index (χ1v) is 11.3. The average molecular weight is 470 g/mol. The van der Waals surface area contributed by atoms with E-state index in [9.17, 15) is 13.2 Å².